The number of hydrogen-bond acceptors (Lipinski definition) is 7. The lowest BCUT2D eigenvalue weighted by atomic mass is 10.0. The first-order valence-electron chi connectivity index (χ1n) is 10.2. The predicted octanol–water partition coefficient (Wildman–Crippen LogP) is 4.19. The Morgan fingerprint density at radius 3 is 2.28 bits per heavy atom. The molecule has 2 N–H and O–H groups in total. The Balaban J connectivity index is 1.31. The van der Waals surface area contributed by atoms with Gasteiger partial charge in [-0.1, -0.05) is 84.0 Å². The van der Waals surface area contributed by atoms with Gasteiger partial charge in [0.2, 0.25) is 5.82 Å². The highest BCUT2D eigenvalue weighted by molar-refractivity contribution is 6.39. The van der Waals surface area contributed by atoms with Crippen LogP contribution in [0.1, 0.15) is 18.0 Å². The van der Waals surface area contributed by atoms with Gasteiger partial charge in [0.25, 0.3) is 5.91 Å². The Morgan fingerprint density at radius 2 is 1.56 bits per heavy atom. The van der Waals surface area contributed by atoms with E-state index in [1.165, 1.54) is 0 Å². The number of aromatic nitrogens is 2. The van der Waals surface area contributed by atoms with Crippen LogP contribution in [0.15, 0.2) is 101 Å². The lowest BCUT2D eigenvalue weighted by molar-refractivity contribution is -0.114. The smallest absolute Gasteiger partial charge is 0.313 e. The second-order valence-corrected chi connectivity index (χ2v) is 7.23. The number of rotatable bonds is 6. The number of nitrogens with zero attached hydrogens (tertiary/aromatic N) is 4. The molecule has 1 aliphatic heterocycles. The summed E-state index contributed by atoms with van der Waals surface area (Å²) in [4.78, 5) is 17.1. The minimum absolute atomic E-state index is 0.0764. The lowest BCUT2D eigenvalue weighted by Gasteiger charge is -2.23. The van der Waals surface area contributed by atoms with E-state index in [4.69, 9.17) is 4.52 Å². The fourth-order valence-corrected chi connectivity index (χ4v) is 3.56. The lowest BCUT2D eigenvalue weighted by Crippen LogP contribution is -2.35. The number of nitrogens with one attached hydrogen (secondary N) is 2. The fraction of sp³-hybridized carbons (Fsp3) is 0.0833. The Morgan fingerprint density at radius 1 is 0.906 bits per heavy atom. The highest BCUT2D eigenvalue weighted by Crippen LogP contribution is 2.35. The van der Waals surface area contributed by atoms with Crippen molar-refractivity contribution in [2.45, 2.75) is 12.5 Å². The summed E-state index contributed by atoms with van der Waals surface area (Å²) in [6.45, 7) is 0. The van der Waals surface area contributed by atoms with Gasteiger partial charge in [0, 0.05) is 12.0 Å². The number of amides is 1. The molecule has 8 heteroatoms. The van der Waals surface area contributed by atoms with Crippen LogP contribution in [0.3, 0.4) is 0 Å². The van der Waals surface area contributed by atoms with E-state index in [0.717, 1.165) is 16.8 Å². The van der Waals surface area contributed by atoms with Crippen LogP contribution in [0.2, 0.25) is 0 Å². The Bertz CT molecular complexity index is 1230. The molecule has 2 heterocycles. The Kier molecular flexibility index (Phi) is 5.32. The highest BCUT2D eigenvalue weighted by atomic mass is 16.5. The van der Waals surface area contributed by atoms with Gasteiger partial charge in [-0.3, -0.25) is 15.2 Å². The molecular weight excluding hydrogens is 404 g/mol. The number of carbonyl (C=O) groups is 1. The monoisotopic (exact) mass is 424 g/mol. The molecule has 0 saturated carbocycles. The van der Waals surface area contributed by atoms with Gasteiger partial charge in [-0.05, 0) is 17.7 Å². The van der Waals surface area contributed by atoms with Crippen molar-refractivity contribution in [2.75, 3.05) is 10.4 Å². The number of benzene rings is 3. The molecule has 0 radical (unpaired) electrons. The van der Waals surface area contributed by atoms with E-state index in [1.54, 1.807) is 0 Å². The van der Waals surface area contributed by atoms with Gasteiger partial charge in [0.15, 0.2) is 0 Å². The minimum Gasteiger partial charge on any atom is -0.313 e. The molecule has 1 amide bonds. The van der Waals surface area contributed by atoms with Gasteiger partial charge in [0.05, 0.1) is 11.7 Å². The first-order valence-corrected chi connectivity index (χ1v) is 10.2. The molecule has 8 nitrogen and oxygen atoms in total. The molecule has 0 saturated heterocycles. The van der Waals surface area contributed by atoms with E-state index in [9.17, 15) is 4.79 Å². The summed E-state index contributed by atoms with van der Waals surface area (Å²) < 4.78 is 5.18. The van der Waals surface area contributed by atoms with Crippen LogP contribution in [-0.2, 0) is 4.79 Å². The van der Waals surface area contributed by atoms with Crippen LogP contribution in [0.5, 0.6) is 0 Å². The van der Waals surface area contributed by atoms with Crippen molar-refractivity contribution in [1.29, 1.82) is 0 Å². The molecule has 0 aliphatic carbocycles. The van der Waals surface area contributed by atoms with Crippen LogP contribution >= 0.6 is 0 Å². The van der Waals surface area contributed by atoms with E-state index < -0.39 is 0 Å². The number of hydrogen-bond donors (Lipinski definition) is 2. The maximum Gasteiger partial charge on any atom is 0.340 e. The molecule has 4 aromatic rings. The van der Waals surface area contributed by atoms with Gasteiger partial charge in [-0.2, -0.15) is 10.1 Å². The van der Waals surface area contributed by atoms with Crippen molar-refractivity contribution in [3.05, 3.63) is 96.6 Å². The molecule has 0 spiro atoms. The third-order valence-corrected chi connectivity index (χ3v) is 5.12. The molecule has 1 aliphatic rings. The Labute approximate surface area is 184 Å². The second-order valence-electron chi connectivity index (χ2n) is 7.23. The summed E-state index contributed by atoms with van der Waals surface area (Å²) in [7, 11) is 0. The molecule has 0 fully saturated rings. The zero-order valence-electron chi connectivity index (χ0n) is 17.1. The minimum atomic E-state index is -0.358. The molecule has 3 aromatic carbocycles. The van der Waals surface area contributed by atoms with Crippen molar-refractivity contribution < 1.29 is 9.32 Å². The third kappa shape index (κ3) is 4.06. The predicted molar refractivity (Wildman–Crippen MR) is 122 cm³/mol. The molecule has 5 rings (SSSR count). The summed E-state index contributed by atoms with van der Waals surface area (Å²) in [5.41, 5.74) is 8.51. The van der Waals surface area contributed by atoms with Crippen molar-refractivity contribution in [1.82, 2.24) is 15.6 Å². The molecular formula is C24H20N6O2. The van der Waals surface area contributed by atoms with E-state index in [2.05, 4.69) is 26.1 Å². The molecule has 0 bridgehead atoms. The van der Waals surface area contributed by atoms with Gasteiger partial charge in [-0.15, -0.1) is 0 Å². The summed E-state index contributed by atoms with van der Waals surface area (Å²) in [6.07, 6.45) is 0.464. The maximum absolute atomic E-state index is 12.8. The largest absolute Gasteiger partial charge is 0.340 e. The average Bonchev–Trinajstić information content (AvgIpc) is 3.52. The topological polar surface area (TPSA) is 95.6 Å². The molecule has 32 heavy (non-hydrogen) atoms. The first-order chi connectivity index (χ1) is 15.8. The number of hydrazone groups is 1. The number of carbonyl (C=O) groups excluding carboxylic acids is 1. The fourth-order valence-electron chi connectivity index (χ4n) is 3.56. The maximum atomic E-state index is 12.8. The quantitative estimate of drug-likeness (QED) is 0.451. The highest BCUT2D eigenvalue weighted by Gasteiger charge is 2.32. The third-order valence-electron chi connectivity index (χ3n) is 5.12. The average molecular weight is 424 g/mol. The molecule has 1 atom stereocenters. The van der Waals surface area contributed by atoms with E-state index in [1.807, 2.05) is 96.0 Å². The number of para-hydroxylation sites is 1. The van der Waals surface area contributed by atoms with Crippen molar-refractivity contribution in [3.8, 4) is 11.4 Å². The number of hydrazine groups is 1. The van der Waals surface area contributed by atoms with Crippen molar-refractivity contribution in [3.63, 3.8) is 0 Å². The van der Waals surface area contributed by atoms with Crippen LogP contribution in [0.4, 0.5) is 11.7 Å². The van der Waals surface area contributed by atoms with Gasteiger partial charge in [0.1, 0.15) is 5.71 Å². The van der Waals surface area contributed by atoms with E-state index in [0.29, 0.717) is 18.0 Å². The van der Waals surface area contributed by atoms with Crippen LogP contribution in [0, 0.1) is 0 Å². The van der Waals surface area contributed by atoms with Gasteiger partial charge in [-0.25, -0.2) is 5.43 Å². The zero-order valence-corrected chi connectivity index (χ0v) is 17.1. The van der Waals surface area contributed by atoms with Gasteiger partial charge >= 0.3 is 6.01 Å². The van der Waals surface area contributed by atoms with Gasteiger partial charge < -0.3 is 4.52 Å². The molecule has 1 unspecified atom stereocenters. The van der Waals surface area contributed by atoms with Crippen LogP contribution in [0.25, 0.3) is 11.4 Å². The summed E-state index contributed by atoms with van der Waals surface area (Å²) in [5.74, 6) is 0.0729. The van der Waals surface area contributed by atoms with Crippen LogP contribution < -0.4 is 15.9 Å². The van der Waals surface area contributed by atoms with Crippen molar-refractivity contribution >= 4 is 23.3 Å². The van der Waals surface area contributed by atoms with Crippen molar-refractivity contribution in [2.24, 2.45) is 5.10 Å². The summed E-state index contributed by atoms with van der Waals surface area (Å²) in [5, 5.41) is 10.4. The first kappa shape index (κ1) is 19.5. The molecule has 1 aromatic heterocycles. The van der Waals surface area contributed by atoms with Crippen LogP contribution in [-0.4, -0.2) is 21.8 Å². The molecule has 158 valence electrons. The zero-order chi connectivity index (χ0) is 21.8. The normalized spacial score (nSPS) is 15.3. The van der Waals surface area contributed by atoms with E-state index in [-0.39, 0.29) is 18.0 Å². The number of anilines is 2. The Hall–Kier alpha value is -4.46. The standard InChI is InChI=1S/C24H20N6O2/c31-23(26-27-24-25-22(29-32-24)18-12-6-2-7-13-18)20-16-21(17-10-4-1-5-11-17)30(28-20)19-14-8-3-9-15-19/h1-15,21H,16H2,(H,26,31)(H,25,27,29). The summed E-state index contributed by atoms with van der Waals surface area (Å²) in [6, 6.07) is 29.3. The SMILES string of the molecule is O=C(NNc1nc(-c2ccccc2)no1)C1=NN(c2ccccc2)C(c2ccccc2)C1. The summed E-state index contributed by atoms with van der Waals surface area (Å²) >= 11 is 0. The van der Waals surface area contributed by atoms with E-state index >= 15 is 0 Å². The second kappa shape index (κ2) is 8.73.